The lowest BCUT2D eigenvalue weighted by Gasteiger charge is -2.22. The molecule has 0 aromatic heterocycles. The predicted molar refractivity (Wildman–Crippen MR) is 110 cm³/mol. The van der Waals surface area contributed by atoms with Gasteiger partial charge in [0, 0.05) is 12.6 Å². The third-order valence-electron chi connectivity index (χ3n) is 4.27. The number of aryl methyl sites for hydroxylation is 1. The van der Waals surface area contributed by atoms with Crippen molar-refractivity contribution in [3.8, 4) is 0 Å². The van der Waals surface area contributed by atoms with Crippen LogP contribution in [0, 0.1) is 0 Å². The SMILES string of the molecule is CC(=O)[C@H](CCCCNC(=O)OC(C)(C)C)N[C@H](C)CCc1ccccc1. The first-order valence-electron chi connectivity index (χ1n) is 9.94. The normalized spacial score (nSPS) is 13.7. The zero-order chi connectivity index (χ0) is 20.3. The van der Waals surface area contributed by atoms with Crippen molar-refractivity contribution in [1.29, 1.82) is 0 Å². The number of carbonyl (C=O) groups is 2. The first kappa shape index (κ1) is 23.2. The Balaban J connectivity index is 2.25. The molecule has 0 fully saturated rings. The molecule has 1 amide bonds. The minimum Gasteiger partial charge on any atom is -0.444 e. The number of ketones is 1. The van der Waals surface area contributed by atoms with Crippen LogP contribution >= 0.6 is 0 Å². The lowest BCUT2D eigenvalue weighted by molar-refractivity contribution is -0.119. The fourth-order valence-electron chi connectivity index (χ4n) is 2.84. The van der Waals surface area contributed by atoms with Gasteiger partial charge in [-0.1, -0.05) is 30.3 Å². The van der Waals surface area contributed by atoms with E-state index in [1.54, 1.807) is 6.92 Å². The number of Topliss-reactive ketones (excluding diaryl/α,β-unsaturated/α-hetero) is 1. The molecule has 5 nitrogen and oxygen atoms in total. The molecule has 0 aliphatic carbocycles. The minimum atomic E-state index is -0.483. The summed E-state index contributed by atoms with van der Waals surface area (Å²) in [6.45, 7) is 9.85. The Labute approximate surface area is 164 Å². The van der Waals surface area contributed by atoms with Crippen LogP contribution in [0.1, 0.15) is 65.9 Å². The maximum Gasteiger partial charge on any atom is 0.407 e. The van der Waals surface area contributed by atoms with Crippen molar-refractivity contribution in [1.82, 2.24) is 10.6 Å². The summed E-state index contributed by atoms with van der Waals surface area (Å²) in [5.41, 5.74) is 0.836. The fraction of sp³-hybridized carbons (Fsp3) is 0.636. The van der Waals surface area contributed by atoms with E-state index in [2.05, 4.69) is 41.8 Å². The number of amides is 1. The van der Waals surface area contributed by atoms with Crippen LogP contribution in [-0.4, -0.2) is 36.1 Å². The zero-order valence-electron chi connectivity index (χ0n) is 17.5. The molecule has 0 heterocycles. The summed E-state index contributed by atoms with van der Waals surface area (Å²) < 4.78 is 5.20. The van der Waals surface area contributed by atoms with Crippen molar-refractivity contribution >= 4 is 11.9 Å². The molecule has 27 heavy (non-hydrogen) atoms. The molecule has 152 valence electrons. The molecule has 1 aromatic carbocycles. The van der Waals surface area contributed by atoms with Crippen molar-refractivity contribution in [3.05, 3.63) is 35.9 Å². The maximum absolute atomic E-state index is 11.9. The molecular formula is C22H36N2O3. The largest absolute Gasteiger partial charge is 0.444 e. The highest BCUT2D eigenvalue weighted by Gasteiger charge is 2.17. The molecule has 0 aliphatic rings. The first-order valence-corrected chi connectivity index (χ1v) is 9.94. The van der Waals surface area contributed by atoms with Crippen LogP contribution in [0.2, 0.25) is 0 Å². The highest BCUT2D eigenvalue weighted by molar-refractivity contribution is 5.81. The van der Waals surface area contributed by atoms with Crippen molar-refractivity contribution in [2.24, 2.45) is 0 Å². The average Bonchev–Trinajstić information content (AvgIpc) is 2.57. The molecule has 0 aliphatic heterocycles. The van der Waals surface area contributed by atoms with Crippen LogP contribution < -0.4 is 10.6 Å². The molecule has 0 spiro atoms. The molecule has 0 saturated heterocycles. The van der Waals surface area contributed by atoms with Gasteiger partial charge in [-0.15, -0.1) is 0 Å². The number of carbonyl (C=O) groups excluding carboxylic acids is 2. The van der Waals surface area contributed by atoms with E-state index < -0.39 is 11.7 Å². The second-order valence-electron chi connectivity index (χ2n) is 8.18. The molecule has 1 rings (SSSR count). The highest BCUT2D eigenvalue weighted by Crippen LogP contribution is 2.09. The topological polar surface area (TPSA) is 67.4 Å². The number of hydrogen-bond acceptors (Lipinski definition) is 4. The Kier molecular flexibility index (Phi) is 10.1. The van der Waals surface area contributed by atoms with Crippen LogP contribution in [-0.2, 0) is 16.0 Å². The Morgan fingerprint density at radius 2 is 1.74 bits per heavy atom. The highest BCUT2D eigenvalue weighted by atomic mass is 16.6. The number of alkyl carbamates (subject to hydrolysis) is 1. The second kappa shape index (κ2) is 11.8. The Morgan fingerprint density at radius 1 is 1.07 bits per heavy atom. The maximum atomic E-state index is 11.9. The number of hydrogen-bond donors (Lipinski definition) is 2. The van der Waals surface area contributed by atoms with Crippen molar-refractivity contribution in [2.75, 3.05) is 6.54 Å². The van der Waals surface area contributed by atoms with E-state index in [9.17, 15) is 9.59 Å². The molecule has 2 N–H and O–H groups in total. The van der Waals surface area contributed by atoms with Crippen molar-refractivity contribution in [3.63, 3.8) is 0 Å². The van der Waals surface area contributed by atoms with E-state index in [1.165, 1.54) is 5.56 Å². The fourth-order valence-corrected chi connectivity index (χ4v) is 2.84. The van der Waals surface area contributed by atoms with E-state index in [1.807, 2.05) is 26.8 Å². The number of benzene rings is 1. The standard InChI is InChI=1S/C22H36N2O3/c1-17(14-15-19-11-7-6-8-12-19)24-20(18(2)25)13-9-10-16-23-21(26)27-22(3,4)5/h6-8,11-12,17,20,24H,9-10,13-16H2,1-5H3,(H,23,26)/t17-,20+/m1/s1. The van der Waals surface area contributed by atoms with Crippen LogP contribution in [0.5, 0.6) is 0 Å². The van der Waals surface area contributed by atoms with Gasteiger partial charge < -0.3 is 15.4 Å². The second-order valence-corrected chi connectivity index (χ2v) is 8.18. The van der Waals surface area contributed by atoms with Gasteiger partial charge in [-0.2, -0.15) is 0 Å². The summed E-state index contributed by atoms with van der Waals surface area (Å²) in [6, 6.07) is 10.5. The van der Waals surface area contributed by atoms with Gasteiger partial charge in [-0.25, -0.2) is 4.79 Å². The van der Waals surface area contributed by atoms with Gasteiger partial charge in [0.15, 0.2) is 0 Å². The van der Waals surface area contributed by atoms with E-state index >= 15 is 0 Å². The minimum absolute atomic E-state index is 0.127. The summed E-state index contributed by atoms with van der Waals surface area (Å²) in [5, 5.41) is 6.21. The summed E-state index contributed by atoms with van der Waals surface area (Å²) in [7, 11) is 0. The van der Waals surface area contributed by atoms with Crippen LogP contribution in [0.15, 0.2) is 30.3 Å². The van der Waals surface area contributed by atoms with E-state index in [0.29, 0.717) is 6.54 Å². The average molecular weight is 377 g/mol. The van der Waals surface area contributed by atoms with Gasteiger partial charge in [0.05, 0.1) is 6.04 Å². The van der Waals surface area contributed by atoms with Crippen molar-refractivity contribution < 1.29 is 14.3 Å². The number of rotatable bonds is 11. The molecule has 0 radical (unpaired) electrons. The zero-order valence-corrected chi connectivity index (χ0v) is 17.5. The van der Waals surface area contributed by atoms with Gasteiger partial charge in [0.25, 0.3) is 0 Å². The lowest BCUT2D eigenvalue weighted by Crippen LogP contribution is -2.41. The smallest absolute Gasteiger partial charge is 0.407 e. The molecule has 5 heteroatoms. The van der Waals surface area contributed by atoms with Crippen LogP contribution in [0.25, 0.3) is 0 Å². The van der Waals surface area contributed by atoms with Gasteiger partial charge in [-0.3, -0.25) is 4.79 Å². The van der Waals surface area contributed by atoms with E-state index in [0.717, 1.165) is 32.1 Å². The van der Waals surface area contributed by atoms with Crippen LogP contribution in [0.3, 0.4) is 0 Å². The monoisotopic (exact) mass is 376 g/mol. The summed E-state index contributed by atoms with van der Waals surface area (Å²) in [5.74, 6) is 0.168. The van der Waals surface area contributed by atoms with Gasteiger partial charge in [-0.05, 0) is 72.3 Å². The molecule has 0 bridgehead atoms. The Hall–Kier alpha value is -1.88. The number of unbranched alkanes of at least 4 members (excludes halogenated alkanes) is 1. The summed E-state index contributed by atoms with van der Waals surface area (Å²) in [6.07, 6.45) is 4.08. The summed E-state index contributed by atoms with van der Waals surface area (Å²) in [4.78, 5) is 23.5. The third kappa shape index (κ3) is 11.4. The van der Waals surface area contributed by atoms with Crippen molar-refractivity contribution in [2.45, 2.75) is 84.4 Å². The van der Waals surface area contributed by atoms with Crippen LogP contribution in [0.4, 0.5) is 4.79 Å². The lowest BCUT2D eigenvalue weighted by atomic mass is 10.0. The third-order valence-corrected chi connectivity index (χ3v) is 4.27. The Morgan fingerprint density at radius 3 is 2.33 bits per heavy atom. The molecule has 0 unspecified atom stereocenters. The van der Waals surface area contributed by atoms with Gasteiger partial charge >= 0.3 is 6.09 Å². The number of nitrogens with one attached hydrogen (secondary N) is 2. The molecule has 1 aromatic rings. The predicted octanol–water partition coefficient (Wildman–Crippen LogP) is 4.25. The first-order chi connectivity index (χ1) is 12.7. The van der Waals surface area contributed by atoms with E-state index in [4.69, 9.17) is 4.74 Å². The Bertz CT molecular complexity index is 567. The number of ether oxygens (including phenoxy) is 1. The van der Waals surface area contributed by atoms with Gasteiger partial charge in [0.2, 0.25) is 0 Å². The van der Waals surface area contributed by atoms with E-state index in [-0.39, 0.29) is 17.9 Å². The quantitative estimate of drug-likeness (QED) is 0.567. The molecule has 0 saturated carbocycles. The molecule has 2 atom stereocenters. The summed E-state index contributed by atoms with van der Waals surface area (Å²) >= 11 is 0. The molecular weight excluding hydrogens is 340 g/mol. The van der Waals surface area contributed by atoms with Gasteiger partial charge in [0.1, 0.15) is 11.4 Å².